The van der Waals surface area contributed by atoms with Crippen molar-refractivity contribution in [2.45, 2.75) is 12.8 Å². The molecule has 2 atom stereocenters. The topological polar surface area (TPSA) is 92.7 Å². The first kappa shape index (κ1) is 15.2. The second-order valence-electron chi connectivity index (χ2n) is 4.64. The maximum absolute atomic E-state index is 12.3. The van der Waals surface area contributed by atoms with Gasteiger partial charge in [0.15, 0.2) is 0 Å². The Balaban J connectivity index is 2.14. The van der Waals surface area contributed by atoms with E-state index in [1.54, 1.807) is 23.6 Å². The smallest absolute Gasteiger partial charge is 0.350 e. The molecule has 21 heavy (non-hydrogen) atoms. The molecule has 1 amide bonds. The van der Waals surface area contributed by atoms with Crippen LogP contribution in [0.3, 0.4) is 0 Å². The normalized spacial score (nSPS) is 20.8. The lowest BCUT2D eigenvalue weighted by Crippen LogP contribution is -2.34. The predicted molar refractivity (Wildman–Crippen MR) is 77.3 cm³/mol. The molecule has 1 aromatic heterocycles. The zero-order chi connectivity index (χ0) is 15.4. The fourth-order valence-corrected chi connectivity index (χ4v) is 3.03. The van der Waals surface area contributed by atoms with Crippen LogP contribution in [0.25, 0.3) is 0 Å². The Bertz CT molecular complexity index is 592. The summed E-state index contributed by atoms with van der Waals surface area (Å²) in [6, 6.07) is 1.60. The second-order valence-corrected chi connectivity index (χ2v) is 5.55. The lowest BCUT2D eigenvalue weighted by Gasteiger charge is -2.24. The summed E-state index contributed by atoms with van der Waals surface area (Å²) >= 11 is 1.16. The highest BCUT2D eigenvalue weighted by Gasteiger charge is 2.34. The fourth-order valence-electron chi connectivity index (χ4n) is 2.26. The molecule has 1 heterocycles. The van der Waals surface area contributed by atoms with Crippen molar-refractivity contribution in [3.05, 3.63) is 28.5 Å². The number of carbonyl (C=O) groups excluding carboxylic acids is 2. The van der Waals surface area contributed by atoms with Gasteiger partial charge in [-0.3, -0.25) is 9.59 Å². The molecule has 1 aromatic rings. The van der Waals surface area contributed by atoms with Gasteiger partial charge in [-0.1, -0.05) is 12.2 Å². The average molecular weight is 309 g/mol. The van der Waals surface area contributed by atoms with Gasteiger partial charge >= 0.3 is 11.9 Å². The molecule has 0 radical (unpaired) electrons. The number of anilines is 1. The largest absolute Gasteiger partial charge is 0.481 e. The van der Waals surface area contributed by atoms with Crippen LogP contribution in [0.15, 0.2) is 23.6 Å². The van der Waals surface area contributed by atoms with Crippen LogP contribution >= 0.6 is 11.3 Å². The van der Waals surface area contributed by atoms with Crippen molar-refractivity contribution in [3.8, 4) is 0 Å². The monoisotopic (exact) mass is 309 g/mol. The number of allylic oxidation sites excluding steroid dienone is 2. The van der Waals surface area contributed by atoms with Crippen molar-refractivity contribution in [2.75, 3.05) is 12.4 Å². The molecule has 1 aliphatic rings. The third-order valence-corrected chi connectivity index (χ3v) is 4.27. The van der Waals surface area contributed by atoms with Crippen LogP contribution in [0.4, 0.5) is 5.69 Å². The first-order valence-electron chi connectivity index (χ1n) is 6.39. The molecule has 6 nitrogen and oxygen atoms in total. The number of hydrogen-bond donors (Lipinski definition) is 2. The number of esters is 1. The third-order valence-electron chi connectivity index (χ3n) is 3.38. The van der Waals surface area contributed by atoms with E-state index in [1.807, 2.05) is 0 Å². The van der Waals surface area contributed by atoms with Crippen molar-refractivity contribution in [3.63, 3.8) is 0 Å². The molecule has 1 aliphatic carbocycles. The molecule has 2 rings (SSSR count). The highest BCUT2D eigenvalue weighted by Crippen LogP contribution is 2.29. The van der Waals surface area contributed by atoms with Crippen molar-refractivity contribution in [1.82, 2.24) is 0 Å². The summed E-state index contributed by atoms with van der Waals surface area (Å²) in [5.41, 5.74) is 0.357. The number of nitrogens with one attached hydrogen (secondary N) is 1. The number of carbonyl (C=O) groups is 3. The van der Waals surface area contributed by atoms with E-state index in [0.29, 0.717) is 23.4 Å². The van der Waals surface area contributed by atoms with Crippen LogP contribution in [-0.2, 0) is 14.3 Å². The van der Waals surface area contributed by atoms with Crippen LogP contribution in [-0.4, -0.2) is 30.1 Å². The van der Waals surface area contributed by atoms with Gasteiger partial charge in [0.25, 0.3) is 0 Å². The minimum Gasteiger partial charge on any atom is -0.481 e. The van der Waals surface area contributed by atoms with Crippen LogP contribution in [0.1, 0.15) is 22.5 Å². The van der Waals surface area contributed by atoms with Gasteiger partial charge in [0.2, 0.25) is 5.91 Å². The van der Waals surface area contributed by atoms with E-state index >= 15 is 0 Å². The second kappa shape index (κ2) is 6.53. The van der Waals surface area contributed by atoms with Gasteiger partial charge in [-0.2, -0.15) is 0 Å². The molecule has 2 N–H and O–H groups in total. The van der Waals surface area contributed by atoms with Crippen LogP contribution in [0.2, 0.25) is 0 Å². The van der Waals surface area contributed by atoms with Gasteiger partial charge in [-0.15, -0.1) is 11.3 Å². The van der Waals surface area contributed by atoms with Crippen molar-refractivity contribution in [1.29, 1.82) is 0 Å². The Morgan fingerprint density at radius 2 is 1.95 bits per heavy atom. The summed E-state index contributed by atoms with van der Waals surface area (Å²) < 4.78 is 4.64. The maximum atomic E-state index is 12.3. The Morgan fingerprint density at radius 3 is 2.57 bits per heavy atom. The molecule has 7 heteroatoms. The van der Waals surface area contributed by atoms with Gasteiger partial charge in [0, 0.05) is 0 Å². The Labute approximate surface area is 125 Å². The summed E-state index contributed by atoms with van der Waals surface area (Å²) in [7, 11) is 1.26. The number of hydrogen-bond acceptors (Lipinski definition) is 5. The molecule has 0 fully saturated rings. The standard InChI is InChI=1S/C14H15NO5S/c1-20-14(19)11-10(6-7-21-11)15-12(16)8-4-2-3-5-9(8)13(17)18/h2-3,6-9H,4-5H2,1H3,(H,15,16)(H,17,18)/t8-,9+/m0/s1. The molecule has 112 valence electrons. The highest BCUT2D eigenvalue weighted by atomic mass is 32.1. The lowest BCUT2D eigenvalue weighted by molar-refractivity contribution is -0.146. The van der Waals surface area contributed by atoms with Crippen LogP contribution < -0.4 is 5.32 Å². The fraction of sp³-hybridized carbons (Fsp3) is 0.357. The Hall–Kier alpha value is -2.15. The van der Waals surface area contributed by atoms with E-state index in [4.69, 9.17) is 0 Å². The number of carboxylic acids is 1. The molecule has 0 spiro atoms. The molecule has 0 aliphatic heterocycles. The number of rotatable bonds is 4. The van der Waals surface area contributed by atoms with Crippen molar-refractivity contribution >= 4 is 34.9 Å². The summed E-state index contributed by atoms with van der Waals surface area (Å²) in [6.45, 7) is 0. The Kier molecular flexibility index (Phi) is 4.74. The predicted octanol–water partition coefficient (Wildman–Crippen LogP) is 2.14. The van der Waals surface area contributed by atoms with Crippen molar-refractivity contribution < 1.29 is 24.2 Å². The number of methoxy groups -OCH3 is 1. The summed E-state index contributed by atoms with van der Waals surface area (Å²) in [6.07, 6.45) is 4.28. The van der Waals surface area contributed by atoms with Gasteiger partial charge in [-0.25, -0.2) is 4.79 Å². The lowest BCUT2D eigenvalue weighted by atomic mass is 9.82. The van der Waals surface area contributed by atoms with E-state index in [2.05, 4.69) is 10.1 Å². The van der Waals surface area contributed by atoms with E-state index in [9.17, 15) is 19.5 Å². The quantitative estimate of drug-likeness (QED) is 0.656. The minimum atomic E-state index is -0.988. The minimum absolute atomic E-state index is 0.295. The zero-order valence-electron chi connectivity index (χ0n) is 11.4. The van der Waals surface area contributed by atoms with Crippen molar-refractivity contribution in [2.24, 2.45) is 11.8 Å². The average Bonchev–Trinajstić information content (AvgIpc) is 2.94. The van der Waals surface area contributed by atoms with Crippen LogP contribution in [0, 0.1) is 11.8 Å². The third kappa shape index (κ3) is 3.30. The zero-order valence-corrected chi connectivity index (χ0v) is 12.2. The van der Waals surface area contributed by atoms with E-state index < -0.39 is 29.7 Å². The van der Waals surface area contributed by atoms with E-state index in [0.717, 1.165) is 11.3 Å². The molecule has 0 unspecified atom stereocenters. The molecular formula is C14H15NO5S. The summed E-state index contributed by atoms with van der Waals surface area (Å²) in [4.78, 5) is 35.3. The van der Waals surface area contributed by atoms with Gasteiger partial charge in [0.1, 0.15) is 4.88 Å². The highest BCUT2D eigenvalue weighted by molar-refractivity contribution is 7.12. The number of ether oxygens (including phenoxy) is 1. The summed E-state index contributed by atoms with van der Waals surface area (Å²) in [5.74, 6) is -3.29. The van der Waals surface area contributed by atoms with E-state index in [-0.39, 0.29) is 0 Å². The van der Waals surface area contributed by atoms with Gasteiger partial charge in [0.05, 0.1) is 24.6 Å². The first-order valence-corrected chi connectivity index (χ1v) is 7.27. The molecule has 0 saturated heterocycles. The molecular weight excluding hydrogens is 294 g/mol. The van der Waals surface area contributed by atoms with E-state index in [1.165, 1.54) is 7.11 Å². The molecule has 0 saturated carbocycles. The summed E-state index contributed by atoms with van der Waals surface area (Å²) in [5, 5.41) is 13.5. The number of aliphatic carboxylic acids is 1. The number of amides is 1. The number of thiophene rings is 1. The number of carboxylic acid groups (broad SMARTS) is 1. The Morgan fingerprint density at radius 1 is 1.29 bits per heavy atom. The molecule has 0 aromatic carbocycles. The van der Waals surface area contributed by atoms with Gasteiger partial charge in [-0.05, 0) is 24.3 Å². The maximum Gasteiger partial charge on any atom is 0.350 e. The first-order chi connectivity index (χ1) is 10.0. The van der Waals surface area contributed by atoms with Crippen LogP contribution in [0.5, 0.6) is 0 Å². The van der Waals surface area contributed by atoms with Gasteiger partial charge < -0.3 is 15.2 Å². The molecule has 0 bridgehead atoms. The SMILES string of the molecule is COC(=O)c1sccc1NC(=O)[C@H]1CC=CC[C@H]1C(=O)O.